The van der Waals surface area contributed by atoms with Crippen molar-refractivity contribution in [3.05, 3.63) is 47.0 Å². The molecule has 0 atom stereocenters. The Balaban J connectivity index is 1.32. The molecule has 146 valence electrons. The Morgan fingerprint density at radius 2 is 1.86 bits per heavy atom. The van der Waals surface area contributed by atoms with Crippen molar-refractivity contribution in [3.8, 4) is 0 Å². The molecule has 0 saturated carbocycles. The highest BCUT2D eigenvalue weighted by Crippen LogP contribution is 2.32. The van der Waals surface area contributed by atoms with Crippen LogP contribution in [0.3, 0.4) is 0 Å². The van der Waals surface area contributed by atoms with E-state index in [0.29, 0.717) is 18.9 Å². The van der Waals surface area contributed by atoms with Gasteiger partial charge in [0.15, 0.2) is 11.5 Å². The molecule has 1 fully saturated rings. The van der Waals surface area contributed by atoms with Gasteiger partial charge in [0.25, 0.3) is 0 Å². The summed E-state index contributed by atoms with van der Waals surface area (Å²) in [5.41, 5.74) is 2.48. The zero-order valence-electron chi connectivity index (χ0n) is 15.2. The van der Waals surface area contributed by atoms with Crippen molar-refractivity contribution in [1.29, 1.82) is 0 Å². The van der Waals surface area contributed by atoms with Crippen molar-refractivity contribution >= 4 is 11.5 Å². The lowest BCUT2D eigenvalue weighted by Gasteiger charge is -2.32. The Morgan fingerprint density at radius 3 is 2.57 bits per heavy atom. The molecule has 1 aliphatic heterocycles. The number of nitrogens with zero attached hydrogens (tertiary/aromatic N) is 6. The van der Waals surface area contributed by atoms with Crippen molar-refractivity contribution in [2.24, 2.45) is 0 Å². The molecular weight excluding hydrogens is 369 g/mol. The molecule has 1 aliphatic carbocycles. The van der Waals surface area contributed by atoms with Gasteiger partial charge < -0.3 is 4.90 Å². The molecule has 6 nitrogen and oxygen atoms in total. The van der Waals surface area contributed by atoms with E-state index < -0.39 is 11.7 Å². The van der Waals surface area contributed by atoms with E-state index in [1.165, 1.54) is 11.6 Å². The van der Waals surface area contributed by atoms with Crippen molar-refractivity contribution in [1.82, 2.24) is 24.8 Å². The fourth-order valence-electron chi connectivity index (χ4n) is 4.16. The van der Waals surface area contributed by atoms with Crippen LogP contribution >= 0.6 is 0 Å². The molecule has 0 unspecified atom stereocenters. The van der Waals surface area contributed by atoms with Crippen LogP contribution in [0, 0.1) is 0 Å². The van der Waals surface area contributed by atoms with E-state index in [1.807, 2.05) is 9.42 Å². The Morgan fingerprint density at radius 1 is 1.04 bits per heavy atom. The monoisotopic (exact) mass is 388 g/mol. The van der Waals surface area contributed by atoms with Gasteiger partial charge >= 0.3 is 6.18 Å². The molecule has 9 heteroatoms. The molecule has 1 saturated heterocycles. The van der Waals surface area contributed by atoms with E-state index in [9.17, 15) is 13.2 Å². The SMILES string of the molecule is FC(F)(F)c1ccc(N2CCC(c3nnc4cc5c(nn34)CCC5)CC2)nc1. The molecule has 0 N–H and O–H groups in total. The first-order valence-corrected chi connectivity index (χ1v) is 9.51. The second kappa shape index (κ2) is 6.42. The average molecular weight is 388 g/mol. The minimum absolute atomic E-state index is 0.229. The molecule has 28 heavy (non-hydrogen) atoms. The smallest absolute Gasteiger partial charge is 0.357 e. The minimum atomic E-state index is -4.36. The first kappa shape index (κ1) is 17.4. The van der Waals surface area contributed by atoms with Crippen LogP contribution in [-0.2, 0) is 19.0 Å². The standard InChI is InChI=1S/C19H19F3N6/c20-19(21,22)14-4-5-16(23-11-14)27-8-6-12(7-9-27)18-25-24-17-10-13-2-1-3-15(13)26-28(17)18/h4-5,10-12H,1-3,6-9H2. The second-order valence-electron chi connectivity index (χ2n) is 7.46. The quantitative estimate of drug-likeness (QED) is 0.673. The number of piperidine rings is 1. The molecule has 3 aromatic heterocycles. The van der Waals surface area contributed by atoms with Crippen molar-refractivity contribution in [2.75, 3.05) is 18.0 Å². The molecule has 0 radical (unpaired) electrons. The zero-order valence-corrected chi connectivity index (χ0v) is 15.2. The predicted molar refractivity (Wildman–Crippen MR) is 96.2 cm³/mol. The first-order valence-electron chi connectivity index (χ1n) is 9.51. The summed E-state index contributed by atoms with van der Waals surface area (Å²) in [7, 11) is 0. The van der Waals surface area contributed by atoms with Gasteiger partial charge in [-0.05, 0) is 55.9 Å². The number of fused-ring (bicyclic) bond motifs is 2. The third-order valence-corrected chi connectivity index (χ3v) is 5.70. The fourth-order valence-corrected chi connectivity index (χ4v) is 4.16. The summed E-state index contributed by atoms with van der Waals surface area (Å²) in [6, 6.07) is 4.62. The van der Waals surface area contributed by atoms with Gasteiger partial charge in [0.05, 0.1) is 11.3 Å². The van der Waals surface area contributed by atoms with Gasteiger partial charge in [0, 0.05) is 25.2 Å². The molecule has 4 heterocycles. The van der Waals surface area contributed by atoms with Crippen LogP contribution in [-0.4, -0.2) is 37.9 Å². The number of pyridine rings is 1. The summed E-state index contributed by atoms with van der Waals surface area (Å²) in [4.78, 5) is 6.03. The zero-order chi connectivity index (χ0) is 19.3. The highest BCUT2D eigenvalue weighted by atomic mass is 19.4. The molecular formula is C19H19F3N6. The number of rotatable bonds is 2. The number of hydrogen-bond donors (Lipinski definition) is 0. The molecule has 0 amide bonds. The fraction of sp³-hybridized carbons (Fsp3) is 0.474. The number of halogens is 3. The normalized spacial score (nSPS) is 18.0. The van der Waals surface area contributed by atoms with Crippen LogP contribution in [0.2, 0.25) is 0 Å². The largest absolute Gasteiger partial charge is 0.417 e. The van der Waals surface area contributed by atoms with Gasteiger partial charge in [-0.25, -0.2) is 4.98 Å². The van der Waals surface area contributed by atoms with E-state index >= 15 is 0 Å². The summed E-state index contributed by atoms with van der Waals surface area (Å²) >= 11 is 0. The van der Waals surface area contributed by atoms with Gasteiger partial charge in [-0.15, -0.1) is 10.2 Å². The maximum absolute atomic E-state index is 12.7. The first-order chi connectivity index (χ1) is 13.5. The molecule has 5 rings (SSSR count). The van der Waals surface area contributed by atoms with E-state index in [4.69, 9.17) is 5.10 Å². The maximum atomic E-state index is 12.7. The number of alkyl halides is 3. The maximum Gasteiger partial charge on any atom is 0.417 e. The third kappa shape index (κ3) is 2.98. The number of aryl methyl sites for hydroxylation is 2. The van der Waals surface area contributed by atoms with Crippen LogP contribution in [0.1, 0.15) is 47.8 Å². The van der Waals surface area contributed by atoms with Crippen molar-refractivity contribution in [2.45, 2.75) is 44.2 Å². The van der Waals surface area contributed by atoms with E-state index in [0.717, 1.165) is 61.5 Å². The summed E-state index contributed by atoms with van der Waals surface area (Å²) in [5.74, 6) is 1.69. The van der Waals surface area contributed by atoms with Crippen LogP contribution in [0.25, 0.3) is 5.65 Å². The average Bonchev–Trinajstić information content (AvgIpc) is 3.32. The van der Waals surface area contributed by atoms with Gasteiger partial charge in [0.2, 0.25) is 0 Å². The van der Waals surface area contributed by atoms with Crippen LogP contribution < -0.4 is 4.90 Å². The summed E-state index contributed by atoms with van der Waals surface area (Å²) in [6.07, 6.45) is 1.40. The van der Waals surface area contributed by atoms with Gasteiger partial charge in [-0.2, -0.15) is 22.8 Å². The van der Waals surface area contributed by atoms with Crippen LogP contribution in [0.15, 0.2) is 24.4 Å². The lowest BCUT2D eigenvalue weighted by molar-refractivity contribution is -0.137. The van der Waals surface area contributed by atoms with Crippen LogP contribution in [0.5, 0.6) is 0 Å². The Bertz CT molecular complexity index is 1000. The lowest BCUT2D eigenvalue weighted by atomic mass is 9.96. The Labute approximate surface area is 159 Å². The lowest BCUT2D eigenvalue weighted by Crippen LogP contribution is -2.34. The molecule has 0 spiro atoms. The van der Waals surface area contributed by atoms with Gasteiger partial charge in [-0.1, -0.05) is 0 Å². The minimum Gasteiger partial charge on any atom is -0.357 e. The molecule has 0 aromatic carbocycles. The molecule has 0 bridgehead atoms. The van der Waals surface area contributed by atoms with E-state index in [-0.39, 0.29) is 5.92 Å². The number of aromatic nitrogens is 5. The van der Waals surface area contributed by atoms with E-state index in [1.54, 1.807) is 0 Å². The van der Waals surface area contributed by atoms with Gasteiger partial charge in [-0.3, -0.25) is 0 Å². The Hall–Kier alpha value is -2.71. The Kier molecular flexibility index (Phi) is 3.99. The molecule has 2 aliphatic rings. The highest BCUT2D eigenvalue weighted by Gasteiger charge is 2.31. The predicted octanol–water partition coefficient (Wildman–Crippen LogP) is 3.41. The number of hydrogen-bond acceptors (Lipinski definition) is 5. The third-order valence-electron chi connectivity index (χ3n) is 5.70. The van der Waals surface area contributed by atoms with Crippen molar-refractivity contribution < 1.29 is 13.2 Å². The van der Waals surface area contributed by atoms with Gasteiger partial charge in [0.1, 0.15) is 5.82 Å². The summed E-state index contributed by atoms with van der Waals surface area (Å²) in [5, 5.41) is 13.4. The van der Waals surface area contributed by atoms with Crippen LogP contribution in [0.4, 0.5) is 19.0 Å². The highest BCUT2D eigenvalue weighted by molar-refractivity contribution is 5.44. The summed E-state index contributed by atoms with van der Waals surface area (Å²) < 4.78 is 40.0. The topological polar surface area (TPSA) is 59.2 Å². The summed E-state index contributed by atoms with van der Waals surface area (Å²) in [6.45, 7) is 1.42. The molecule has 3 aromatic rings. The number of anilines is 1. The second-order valence-corrected chi connectivity index (χ2v) is 7.46. The van der Waals surface area contributed by atoms with E-state index in [2.05, 4.69) is 21.2 Å². The van der Waals surface area contributed by atoms with Crippen molar-refractivity contribution in [3.63, 3.8) is 0 Å².